The number of hydrogen-bond acceptors (Lipinski definition) is 3. The number of benzene rings is 3. The summed E-state index contributed by atoms with van der Waals surface area (Å²) >= 11 is 0. The number of fused-ring (bicyclic) bond motifs is 1. The molecule has 1 unspecified atom stereocenters. The molecule has 24 heavy (non-hydrogen) atoms. The molecule has 0 heterocycles. The van der Waals surface area contributed by atoms with Crippen LogP contribution in [-0.4, -0.2) is 20.4 Å². The van der Waals surface area contributed by atoms with Crippen LogP contribution >= 0.6 is 0 Å². The topological polar surface area (TPSA) is 86.6 Å². The highest BCUT2D eigenvalue weighted by Gasteiger charge is 2.19. The van der Waals surface area contributed by atoms with Gasteiger partial charge in [0.05, 0.1) is 4.90 Å². The van der Waals surface area contributed by atoms with Gasteiger partial charge >= 0.3 is 5.97 Å². The summed E-state index contributed by atoms with van der Waals surface area (Å²) in [6.45, 7) is 1.95. The zero-order valence-electron chi connectivity index (χ0n) is 12.8. The summed E-state index contributed by atoms with van der Waals surface area (Å²) in [5.74, 6) is -1.60. The number of aryl methyl sites for hydroxylation is 1. The van der Waals surface area contributed by atoms with E-state index >= 15 is 0 Å². The van der Waals surface area contributed by atoms with Crippen molar-refractivity contribution < 1.29 is 19.2 Å². The van der Waals surface area contributed by atoms with Gasteiger partial charge < -0.3 is 14.9 Å². The van der Waals surface area contributed by atoms with Crippen molar-refractivity contribution in [3.05, 3.63) is 65.7 Å². The van der Waals surface area contributed by atoms with Crippen LogP contribution in [0.25, 0.3) is 10.8 Å². The zero-order chi connectivity index (χ0) is 17.3. The number of carboxylic acids is 1. The molecule has 3 N–H and O–H groups in total. The molecular formula is C18H15NO4S. The number of phenols is 1. The molecule has 0 aromatic heterocycles. The molecule has 0 saturated heterocycles. The van der Waals surface area contributed by atoms with E-state index in [-0.39, 0.29) is 11.3 Å². The number of carboxylic acid groups (broad SMARTS) is 1. The summed E-state index contributed by atoms with van der Waals surface area (Å²) in [5, 5.41) is 20.3. The molecule has 3 rings (SSSR count). The van der Waals surface area contributed by atoms with E-state index in [0.717, 1.165) is 5.56 Å². The van der Waals surface area contributed by atoms with Crippen LogP contribution in [-0.2, 0) is 11.0 Å². The lowest BCUT2D eigenvalue weighted by Crippen LogP contribution is -2.07. The van der Waals surface area contributed by atoms with Crippen molar-refractivity contribution in [2.24, 2.45) is 0 Å². The van der Waals surface area contributed by atoms with Crippen molar-refractivity contribution in [1.82, 2.24) is 0 Å². The molecule has 0 spiro atoms. The van der Waals surface area contributed by atoms with Crippen LogP contribution in [0.3, 0.4) is 0 Å². The van der Waals surface area contributed by atoms with Gasteiger partial charge in [-0.25, -0.2) is 9.00 Å². The molecule has 0 aliphatic rings. The minimum atomic E-state index is -1.68. The molecule has 1 atom stereocenters. The lowest BCUT2D eigenvalue weighted by Gasteiger charge is -2.12. The van der Waals surface area contributed by atoms with Crippen molar-refractivity contribution in [2.45, 2.75) is 11.8 Å². The maximum absolute atomic E-state index is 12.7. The maximum atomic E-state index is 12.7. The van der Waals surface area contributed by atoms with Crippen molar-refractivity contribution in [3.63, 3.8) is 0 Å². The monoisotopic (exact) mass is 341 g/mol. The summed E-state index contributed by atoms with van der Waals surface area (Å²) in [6, 6.07) is 15.4. The van der Waals surface area contributed by atoms with Crippen molar-refractivity contribution in [2.75, 3.05) is 4.72 Å². The Hall–Kier alpha value is -2.86. The fourth-order valence-corrected chi connectivity index (χ4v) is 3.49. The van der Waals surface area contributed by atoms with E-state index in [4.69, 9.17) is 0 Å². The van der Waals surface area contributed by atoms with Gasteiger partial charge in [0.1, 0.15) is 11.3 Å². The fraction of sp³-hybridized carbons (Fsp3) is 0.0556. The summed E-state index contributed by atoms with van der Waals surface area (Å²) in [6.07, 6.45) is 0. The maximum Gasteiger partial charge on any atom is 0.339 e. The number of nitrogens with one attached hydrogen (secondary N) is 1. The van der Waals surface area contributed by atoms with Gasteiger partial charge in [-0.3, -0.25) is 0 Å². The van der Waals surface area contributed by atoms with Gasteiger partial charge in [-0.1, -0.05) is 42.0 Å². The average Bonchev–Trinajstić information content (AvgIpc) is 2.57. The second-order valence-corrected chi connectivity index (χ2v) is 6.54. The van der Waals surface area contributed by atoms with E-state index in [1.54, 1.807) is 36.4 Å². The van der Waals surface area contributed by atoms with E-state index in [1.807, 2.05) is 19.1 Å². The van der Waals surface area contributed by atoms with Crippen LogP contribution in [0.1, 0.15) is 15.9 Å². The summed E-state index contributed by atoms with van der Waals surface area (Å²) < 4.78 is 15.6. The van der Waals surface area contributed by atoms with Gasteiger partial charge in [0.15, 0.2) is 11.0 Å². The van der Waals surface area contributed by atoms with Gasteiger partial charge in [0, 0.05) is 16.5 Å². The van der Waals surface area contributed by atoms with E-state index in [1.165, 1.54) is 6.07 Å². The minimum absolute atomic E-state index is 0.275. The summed E-state index contributed by atoms with van der Waals surface area (Å²) in [5.41, 5.74) is 1.46. The smallest absolute Gasteiger partial charge is 0.339 e. The van der Waals surface area contributed by atoms with Gasteiger partial charge in [0.2, 0.25) is 0 Å². The molecule has 0 bridgehead atoms. The molecule has 0 amide bonds. The Morgan fingerprint density at radius 2 is 1.67 bits per heavy atom. The first kappa shape index (κ1) is 16.0. The Bertz CT molecular complexity index is 951. The molecule has 0 radical (unpaired) electrons. The number of aromatic hydroxyl groups is 1. The van der Waals surface area contributed by atoms with E-state index in [9.17, 15) is 19.2 Å². The standard InChI is InChI=1S/C18H15NO4S/c1-11-6-8-12(9-7-11)19-24(23)16-10-15(18(21)22)17(20)14-5-3-2-4-13(14)16/h2-10,19-20H,1H3,(H,21,22). The Morgan fingerprint density at radius 1 is 1.04 bits per heavy atom. The van der Waals surface area contributed by atoms with Crippen LogP contribution in [0.5, 0.6) is 5.75 Å². The van der Waals surface area contributed by atoms with Crippen LogP contribution in [0.15, 0.2) is 59.5 Å². The first-order valence-electron chi connectivity index (χ1n) is 7.20. The molecule has 122 valence electrons. The highest BCUT2D eigenvalue weighted by atomic mass is 32.2. The van der Waals surface area contributed by atoms with Gasteiger partial charge in [-0.15, -0.1) is 0 Å². The third-order valence-corrected chi connectivity index (χ3v) is 4.83. The van der Waals surface area contributed by atoms with E-state index < -0.39 is 17.0 Å². The number of carbonyl (C=O) groups is 1. The number of aromatic carboxylic acids is 1. The largest absolute Gasteiger partial charge is 0.506 e. The van der Waals surface area contributed by atoms with Gasteiger partial charge in [-0.2, -0.15) is 0 Å². The lowest BCUT2D eigenvalue weighted by atomic mass is 10.1. The van der Waals surface area contributed by atoms with Gasteiger partial charge in [-0.05, 0) is 25.1 Å². The highest BCUT2D eigenvalue weighted by molar-refractivity contribution is 7.86. The van der Waals surface area contributed by atoms with Gasteiger partial charge in [0.25, 0.3) is 0 Å². The SMILES string of the molecule is Cc1ccc(NS(=O)c2cc(C(=O)O)c(O)c3ccccc23)cc1. The molecule has 0 aliphatic heterocycles. The molecule has 3 aromatic carbocycles. The molecule has 5 nitrogen and oxygen atoms in total. The second kappa shape index (κ2) is 6.33. The molecule has 3 aromatic rings. The predicted molar refractivity (Wildman–Crippen MR) is 93.8 cm³/mol. The predicted octanol–water partition coefficient (Wildman–Crippen LogP) is 3.69. The molecule has 0 saturated carbocycles. The highest BCUT2D eigenvalue weighted by Crippen LogP contribution is 2.33. The van der Waals surface area contributed by atoms with Crippen LogP contribution in [0, 0.1) is 6.92 Å². The minimum Gasteiger partial charge on any atom is -0.506 e. The second-order valence-electron chi connectivity index (χ2n) is 5.36. The summed E-state index contributed by atoms with van der Waals surface area (Å²) in [4.78, 5) is 11.7. The van der Waals surface area contributed by atoms with Crippen molar-refractivity contribution >= 4 is 33.4 Å². The third kappa shape index (κ3) is 2.96. The third-order valence-electron chi connectivity index (χ3n) is 3.67. The molecule has 0 aliphatic carbocycles. The zero-order valence-corrected chi connectivity index (χ0v) is 13.6. The van der Waals surface area contributed by atoms with E-state index in [2.05, 4.69) is 4.72 Å². The molecule has 0 fully saturated rings. The Kier molecular flexibility index (Phi) is 4.22. The Morgan fingerprint density at radius 3 is 2.29 bits per heavy atom. The quantitative estimate of drug-likeness (QED) is 0.675. The van der Waals surface area contributed by atoms with E-state index in [0.29, 0.717) is 21.4 Å². The first-order valence-corrected chi connectivity index (χ1v) is 8.35. The number of rotatable bonds is 4. The average molecular weight is 341 g/mol. The van der Waals surface area contributed by atoms with Crippen LogP contribution in [0.4, 0.5) is 5.69 Å². The van der Waals surface area contributed by atoms with Crippen LogP contribution < -0.4 is 4.72 Å². The first-order chi connectivity index (χ1) is 11.5. The molecule has 6 heteroatoms. The molecular weight excluding hydrogens is 326 g/mol. The van der Waals surface area contributed by atoms with Crippen molar-refractivity contribution in [1.29, 1.82) is 0 Å². The number of anilines is 1. The normalized spacial score (nSPS) is 12.0. The Labute approximate surface area is 141 Å². The Balaban J connectivity index is 2.10. The van der Waals surface area contributed by atoms with Crippen LogP contribution in [0.2, 0.25) is 0 Å². The summed E-state index contributed by atoms with van der Waals surface area (Å²) in [7, 11) is -1.68. The fourth-order valence-electron chi connectivity index (χ4n) is 2.43. The van der Waals surface area contributed by atoms with Crippen molar-refractivity contribution in [3.8, 4) is 5.75 Å². The lowest BCUT2D eigenvalue weighted by molar-refractivity contribution is 0.0694. The number of hydrogen-bond donors (Lipinski definition) is 3.